The second-order valence-corrected chi connectivity index (χ2v) is 7.55. The molecule has 1 saturated heterocycles. The normalized spacial score (nSPS) is 19.7. The van der Waals surface area contributed by atoms with Crippen molar-refractivity contribution in [2.24, 2.45) is 0 Å². The highest BCUT2D eigenvalue weighted by atomic mass is 19.4. The summed E-state index contributed by atoms with van der Waals surface area (Å²) in [6.07, 6.45) is -9.87. The van der Waals surface area contributed by atoms with Gasteiger partial charge >= 0.3 is 12.4 Å². The van der Waals surface area contributed by atoms with Crippen LogP contribution in [0.5, 0.6) is 0 Å². The van der Waals surface area contributed by atoms with Gasteiger partial charge in [0.05, 0.1) is 11.1 Å². The van der Waals surface area contributed by atoms with Crippen molar-refractivity contribution in [2.45, 2.75) is 30.7 Å². The van der Waals surface area contributed by atoms with Gasteiger partial charge in [-0.25, -0.2) is 8.78 Å². The van der Waals surface area contributed by atoms with Crippen molar-refractivity contribution >= 4 is 5.91 Å². The molecule has 2 aromatic carbocycles. The van der Waals surface area contributed by atoms with Crippen LogP contribution in [0, 0.1) is 11.6 Å². The fraction of sp³-hybridized carbons (Fsp3) is 0.381. The van der Waals surface area contributed by atoms with Gasteiger partial charge in [0.1, 0.15) is 0 Å². The first-order valence-electron chi connectivity index (χ1n) is 9.51. The third-order valence-electron chi connectivity index (χ3n) is 5.47. The van der Waals surface area contributed by atoms with Crippen LogP contribution in [0.2, 0.25) is 0 Å². The maximum Gasteiger partial charge on any atom is 0.416 e. The van der Waals surface area contributed by atoms with Crippen molar-refractivity contribution in [1.29, 1.82) is 0 Å². The van der Waals surface area contributed by atoms with Gasteiger partial charge in [-0.05, 0) is 48.9 Å². The van der Waals surface area contributed by atoms with E-state index in [9.17, 15) is 39.9 Å². The quantitative estimate of drug-likeness (QED) is 0.630. The van der Waals surface area contributed by atoms with Crippen molar-refractivity contribution < 1.29 is 39.9 Å². The molecule has 0 unspecified atom stereocenters. The molecule has 1 aliphatic rings. The number of rotatable bonds is 3. The number of piperidine rings is 1. The van der Waals surface area contributed by atoms with E-state index >= 15 is 0 Å². The summed E-state index contributed by atoms with van der Waals surface area (Å²) in [7, 11) is 1.26. The Balaban J connectivity index is 1.97. The van der Waals surface area contributed by atoms with Crippen LogP contribution in [0.4, 0.5) is 35.1 Å². The molecule has 0 radical (unpaired) electrons. The van der Waals surface area contributed by atoms with E-state index < -0.39 is 58.5 Å². The Morgan fingerprint density at radius 1 is 0.938 bits per heavy atom. The average Bonchev–Trinajstić information content (AvgIpc) is 2.73. The Morgan fingerprint density at radius 2 is 1.53 bits per heavy atom. The molecule has 174 valence electrons. The van der Waals surface area contributed by atoms with Gasteiger partial charge in [0, 0.05) is 31.1 Å². The number of amides is 1. The van der Waals surface area contributed by atoms with Gasteiger partial charge in [0.2, 0.25) is 0 Å². The summed E-state index contributed by atoms with van der Waals surface area (Å²) >= 11 is 0. The summed E-state index contributed by atoms with van der Waals surface area (Å²) in [5.41, 5.74) is -3.60. The van der Waals surface area contributed by atoms with Gasteiger partial charge in [-0.15, -0.1) is 0 Å². The fourth-order valence-corrected chi connectivity index (χ4v) is 3.82. The summed E-state index contributed by atoms with van der Waals surface area (Å²) in [6.45, 7) is 0.669. The summed E-state index contributed by atoms with van der Waals surface area (Å²) in [5, 5.41) is 3.04. The summed E-state index contributed by atoms with van der Waals surface area (Å²) in [5.74, 6) is -3.77. The highest BCUT2D eigenvalue weighted by Gasteiger charge is 2.39. The molecule has 3 nitrogen and oxygen atoms in total. The molecule has 2 aromatic rings. The molecular formula is C21H18F8N2O. The van der Waals surface area contributed by atoms with Gasteiger partial charge in [-0.1, -0.05) is 6.07 Å². The molecule has 0 aromatic heterocycles. The van der Waals surface area contributed by atoms with E-state index in [0.717, 1.165) is 17.0 Å². The Labute approximate surface area is 178 Å². The van der Waals surface area contributed by atoms with E-state index in [1.807, 2.05) is 0 Å². The highest BCUT2D eigenvalue weighted by molar-refractivity contribution is 5.94. The first kappa shape index (κ1) is 24.0. The van der Waals surface area contributed by atoms with Crippen LogP contribution >= 0.6 is 0 Å². The molecule has 0 spiro atoms. The molecule has 0 aliphatic carbocycles. The second kappa shape index (κ2) is 8.68. The second-order valence-electron chi connectivity index (χ2n) is 7.55. The zero-order valence-electron chi connectivity index (χ0n) is 16.6. The van der Waals surface area contributed by atoms with Gasteiger partial charge < -0.3 is 10.2 Å². The lowest BCUT2D eigenvalue weighted by Gasteiger charge is -2.39. The molecule has 1 heterocycles. The van der Waals surface area contributed by atoms with Crippen LogP contribution in [0.25, 0.3) is 0 Å². The zero-order chi connectivity index (χ0) is 23.8. The average molecular weight is 466 g/mol. The number of benzene rings is 2. The Hall–Kier alpha value is -2.69. The number of carbonyl (C=O) groups is 1. The molecular weight excluding hydrogens is 448 g/mol. The van der Waals surface area contributed by atoms with Crippen LogP contribution in [0.15, 0.2) is 36.4 Å². The van der Waals surface area contributed by atoms with Crippen molar-refractivity contribution in [1.82, 2.24) is 10.2 Å². The number of carbonyl (C=O) groups excluding carboxylic acids is 1. The molecule has 11 heteroatoms. The monoisotopic (exact) mass is 466 g/mol. The largest absolute Gasteiger partial charge is 0.416 e. The van der Waals surface area contributed by atoms with E-state index in [1.165, 1.54) is 13.1 Å². The van der Waals surface area contributed by atoms with E-state index in [2.05, 4.69) is 5.32 Å². The zero-order valence-corrected chi connectivity index (χ0v) is 16.6. The lowest BCUT2D eigenvalue weighted by atomic mass is 9.85. The van der Waals surface area contributed by atoms with Gasteiger partial charge in [-0.2, -0.15) is 26.3 Å². The summed E-state index contributed by atoms with van der Waals surface area (Å²) in [4.78, 5) is 14.0. The van der Waals surface area contributed by atoms with Gasteiger partial charge in [0.15, 0.2) is 11.6 Å². The first-order chi connectivity index (χ1) is 14.8. The number of nitrogens with one attached hydrogen (secondary N) is 1. The molecule has 0 saturated carbocycles. The summed E-state index contributed by atoms with van der Waals surface area (Å²) < 4.78 is 106. The van der Waals surface area contributed by atoms with Crippen molar-refractivity contribution in [3.05, 3.63) is 70.3 Å². The molecule has 1 aliphatic heterocycles. The highest BCUT2D eigenvalue weighted by Crippen LogP contribution is 2.37. The Bertz CT molecular complexity index is 970. The topological polar surface area (TPSA) is 32.3 Å². The third kappa shape index (κ3) is 5.03. The molecule has 1 fully saturated rings. The molecule has 0 bridgehead atoms. The number of nitrogens with zero attached hydrogens (tertiary/aromatic N) is 1. The lowest BCUT2D eigenvalue weighted by molar-refractivity contribution is -0.143. The number of hydrogen-bond acceptors (Lipinski definition) is 2. The van der Waals surface area contributed by atoms with Crippen molar-refractivity contribution in [2.75, 3.05) is 20.1 Å². The van der Waals surface area contributed by atoms with Crippen LogP contribution < -0.4 is 5.32 Å². The van der Waals surface area contributed by atoms with Gasteiger partial charge in [0.25, 0.3) is 5.91 Å². The SMILES string of the molecule is CN(C(=O)c1cc(C(F)(F)F)cc(C(F)(F)F)c1)[C@@H]1CCNC[C@H]1c1ccc(F)c(F)c1. The summed E-state index contributed by atoms with van der Waals surface area (Å²) in [6, 6.07) is 3.24. The number of hydrogen-bond donors (Lipinski definition) is 1. The minimum Gasteiger partial charge on any atom is -0.338 e. The third-order valence-corrected chi connectivity index (χ3v) is 5.47. The van der Waals surface area contributed by atoms with Gasteiger partial charge in [-0.3, -0.25) is 4.79 Å². The molecule has 32 heavy (non-hydrogen) atoms. The van der Waals surface area contributed by atoms with E-state index in [1.54, 1.807) is 0 Å². The van der Waals surface area contributed by atoms with Crippen LogP contribution in [0.1, 0.15) is 39.4 Å². The minimum absolute atomic E-state index is 0.0502. The van der Waals surface area contributed by atoms with Crippen LogP contribution in [0.3, 0.4) is 0 Å². The standard InChI is InChI=1S/C21H18F8N2O/c1-31(18-4-5-30-10-15(18)11-2-3-16(22)17(23)8-11)19(32)12-6-13(20(24,25)26)9-14(7-12)21(27,28)29/h2-3,6-9,15,18,30H,4-5,10H2,1H3/t15-,18+/m0/s1. The maximum atomic E-state index is 13.7. The number of alkyl halides is 6. The molecule has 2 atom stereocenters. The molecule has 3 rings (SSSR count). The smallest absolute Gasteiger partial charge is 0.338 e. The fourth-order valence-electron chi connectivity index (χ4n) is 3.82. The van der Waals surface area contributed by atoms with Crippen LogP contribution in [-0.4, -0.2) is 37.0 Å². The van der Waals surface area contributed by atoms with Crippen LogP contribution in [-0.2, 0) is 12.4 Å². The van der Waals surface area contributed by atoms with Crippen molar-refractivity contribution in [3.8, 4) is 0 Å². The number of likely N-dealkylation sites (N-methyl/N-ethyl adjacent to an activating group) is 1. The minimum atomic E-state index is -5.09. The first-order valence-corrected chi connectivity index (χ1v) is 9.51. The Kier molecular flexibility index (Phi) is 6.50. The van der Waals surface area contributed by atoms with E-state index in [4.69, 9.17) is 0 Å². The van der Waals surface area contributed by atoms with Crippen molar-refractivity contribution in [3.63, 3.8) is 0 Å². The molecule has 1 N–H and O–H groups in total. The Morgan fingerprint density at radius 3 is 2.06 bits per heavy atom. The lowest BCUT2D eigenvalue weighted by Crippen LogP contribution is -2.49. The molecule has 1 amide bonds. The number of halogens is 8. The predicted molar refractivity (Wildman–Crippen MR) is 98.9 cm³/mol. The van der Waals surface area contributed by atoms with E-state index in [-0.39, 0.29) is 12.6 Å². The van der Waals surface area contributed by atoms with E-state index in [0.29, 0.717) is 30.7 Å². The predicted octanol–water partition coefficient (Wildman–Crippen LogP) is 5.22. The maximum absolute atomic E-state index is 13.7.